The van der Waals surface area contributed by atoms with E-state index >= 15 is 0 Å². The maximum absolute atomic E-state index is 3.95. The van der Waals surface area contributed by atoms with E-state index in [1.165, 1.54) is 30.8 Å². The maximum Gasteiger partial charge on any atom is 0.0110 e. The Morgan fingerprint density at radius 3 is 2.40 bits per heavy atom. The third-order valence-electron chi connectivity index (χ3n) is 3.04. The van der Waals surface area contributed by atoms with Gasteiger partial charge in [0.05, 0.1) is 0 Å². The molecule has 1 aliphatic rings. The molecule has 15 heavy (non-hydrogen) atoms. The molecule has 1 saturated heterocycles. The lowest BCUT2D eigenvalue weighted by Crippen LogP contribution is -2.08. The summed E-state index contributed by atoms with van der Waals surface area (Å²) in [5.74, 6) is 0.645. The quantitative estimate of drug-likeness (QED) is 0.676. The Kier molecular flexibility index (Phi) is 2.92. The fraction of sp³-hybridized carbons (Fsp3) is 0.429. The van der Waals surface area contributed by atoms with E-state index in [1.54, 1.807) is 0 Å². The predicted molar refractivity (Wildman–Crippen MR) is 66.0 cm³/mol. The monoisotopic (exact) mass is 201 g/mol. The molecule has 0 saturated carbocycles. The van der Waals surface area contributed by atoms with E-state index in [4.69, 9.17) is 0 Å². The molecular weight excluding hydrogens is 182 g/mol. The number of nitrogens with zero attached hydrogens (tertiary/aromatic N) is 1. The second-order valence-corrected chi connectivity index (χ2v) is 4.60. The van der Waals surface area contributed by atoms with Gasteiger partial charge < -0.3 is 4.90 Å². The average Bonchev–Trinajstić information content (AvgIpc) is 3.02. The van der Waals surface area contributed by atoms with Crippen LogP contribution < -0.4 is 0 Å². The van der Waals surface area contributed by atoms with E-state index in [9.17, 15) is 0 Å². The highest BCUT2D eigenvalue weighted by molar-refractivity contribution is 5.61. The van der Waals surface area contributed by atoms with Crippen LogP contribution in [-0.4, -0.2) is 24.5 Å². The Labute approximate surface area is 92.4 Å². The smallest absolute Gasteiger partial charge is 0.0110 e. The SMILES string of the molecule is C=C(C)c1ccc(C(C)CN2CC2)cc1. The van der Waals surface area contributed by atoms with Gasteiger partial charge in [-0.15, -0.1) is 0 Å². The first-order chi connectivity index (χ1) is 7.16. The minimum Gasteiger partial charge on any atom is -0.300 e. The Bertz CT molecular complexity index is 346. The van der Waals surface area contributed by atoms with Gasteiger partial charge in [0.2, 0.25) is 0 Å². The van der Waals surface area contributed by atoms with Crippen molar-refractivity contribution >= 4 is 5.57 Å². The van der Waals surface area contributed by atoms with Gasteiger partial charge in [-0.2, -0.15) is 0 Å². The van der Waals surface area contributed by atoms with Crippen LogP contribution in [0, 0.1) is 0 Å². The minimum absolute atomic E-state index is 0.645. The predicted octanol–water partition coefficient (Wildman–Crippen LogP) is 3.14. The zero-order valence-corrected chi connectivity index (χ0v) is 9.66. The Morgan fingerprint density at radius 2 is 1.93 bits per heavy atom. The van der Waals surface area contributed by atoms with Gasteiger partial charge in [-0.3, -0.25) is 0 Å². The molecule has 1 atom stereocenters. The van der Waals surface area contributed by atoms with Crippen molar-refractivity contribution in [2.45, 2.75) is 19.8 Å². The molecule has 1 nitrogen and oxygen atoms in total. The summed E-state index contributed by atoms with van der Waals surface area (Å²) in [4.78, 5) is 2.47. The molecule has 0 amide bonds. The van der Waals surface area contributed by atoms with Crippen LogP contribution in [0.2, 0.25) is 0 Å². The summed E-state index contributed by atoms with van der Waals surface area (Å²) >= 11 is 0. The van der Waals surface area contributed by atoms with E-state index in [1.807, 2.05) is 6.92 Å². The molecular formula is C14H19N. The highest BCUT2D eigenvalue weighted by Gasteiger charge is 2.20. The van der Waals surface area contributed by atoms with E-state index in [2.05, 4.69) is 42.7 Å². The van der Waals surface area contributed by atoms with Crippen LogP contribution in [0.5, 0.6) is 0 Å². The van der Waals surface area contributed by atoms with Crippen molar-refractivity contribution in [3.05, 3.63) is 42.0 Å². The van der Waals surface area contributed by atoms with E-state index in [0.717, 1.165) is 5.57 Å². The first-order valence-electron chi connectivity index (χ1n) is 5.65. The van der Waals surface area contributed by atoms with Crippen molar-refractivity contribution in [3.8, 4) is 0 Å². The first-order valence-corrected chi connectivity index (χ1v) is 5.65. The summed E-state index contributed by atoms with van der Waals surface area (Å²) < 4.78 is 0. The number of hydrogen-bond donors (Lipinski definition) is 0. The third kappa shape index (κ3) is 2.69. The fourth-order valence-electron chi connectivity index (χ4n) is 1.84. The Hall–Kier alpha value is -1.08. The van der Waals surface area contributed by atoms with Gasteiger partial charge in [0.15, 0.2) is 0 Å². The molecule has 1 aromatic rings. The zero-order valence-electron chi connectivity index (χ0n) is 9.66. The summed E-state index contributed by atoms with van der Waals surface area (Å²) in [6.45, 7) is 12.1. The molecule has 1 fully saturated rings. The number of allylic oxidation sites excluding steroid dienone is 1. The Balaban J connectivity index is 2.04. The van der Waals surface area contributed by atoms with Crippen molar-refractivity contribution in [1.29, 1.82) is 0 Å². The second-order valence-electron chi connectivity index (χ2n) is 4.60. The lowest BCUT2D eigenvalue weighted by Gasteiger charge is -2.12. The minimum atomic E-state index is 0.645. The standard InChI is InChI=1S/C14H19N/c1-11(2)13-4-6-14(7-5-13)12(3)10-15-8-9-15/h4-7,12H,1,8-10H2,2-3H3. The zero-order chi connectivity index (χ0) is 10.8. The van der Waals surface area contributed by atoms with Crippen molar-refractivity contribution in [3.63, 3.8) is 0 Å². The van der Waals surface area contributed by atoms with Gasteiger partial charge in [-0.1, -0.05) is 43.3 Å². The molecule has 80 valence electrons. The van der Waals surface area contributed by atoms with Crippen LogP contribution in [0.15, 0.2) is 30.8 Å². The molecule has 1 unspecified atom stereocenters. The van der Waals surface area contributed by atoms with Crippen molar-refractivity contribution in [1.82, 2.24) is 4.90 Å². The van der Waals surface area contributed by atoms with Crippen LogP contribution in [0.4, 0.5) is 0 Å². The van der Waals surface area contributed by atoms with E-state index in [0.29, 0.717) is 5.92 Å². The van der Waals surface area contributed by atoms with Gasteiger partial charge >= 0.3 is 0 Å². The third-order valence-corrected chi connectivity index (χ3v) is 3.04. The maximum atomic E-state index is 3.95. The first kappa shape index (κ1) is 10.4. The second kappa shape index (κ2) is 4.19. The van der Waals surface area contributed by atoms with E-state index < -0.39 is 0 Å². The van der Waals surface area contributed by atoms with Crippen molar-refractivity contribution < 1.29 is 0 Å². The Morgan fingerprint density at radius 1 is 1.33 bits per heavy atom. The molecule has 0 spiro atoms. The summed E-state index contributed by atoms with van der Waals surface area (Å²) in [6, 6.07) is 8.82. The molecule has 0 N–H and O–H groups in total. The van der Waals surface area contributed by atoms with Crippen molar-refractivity contribution in [2.75, 3.05) is 19.6 Å². The molecule has 1 aromatic carbocycles. The highest BCUT2D eigenvalue weighted by Crippen LogP contribution is 2.21. The van der Waals surface area contributed by atoms with Gasteiger partial charge in [0.1, 0.15) is 0 Å². The summed E-state index contributed by atoms with van der Waals surface area (Å²) in [6.07, 6.45) is 0. The van der Waals surface area contributed by atoms with Crippen LogP contribution in [0.25, 0.3) is 5.57 Å². The molecule has 1 heteroatoms. The lowest BCUT2D eigenvalue weighted by molar-refractivity contribution is 0.507. The number of hydrogen-bond acceptors (Lipinski definition) is 1. The number of benzene rings is 1. The van der Waals surface area contributed by atoms with Gasteiger partial charge in [-0.25, -0.2) is 0 Å². The molecule has 0 aliphatic carbocycles. The topological polar surface area (TPSA) is 3.01 Å². The summed E-state index contributed by atoms with van der Waals surface area (Å²) in [5, 5.41) is 0. The normalized spacial score (nSPS) is 17.5. The lowest BCUT2D eigenvalue weighted by atomic mass is 9.98. The summed E-state index contributed by atoms with van der Waals surface area (Å²) in [5.41, 5.74) is 3.82. The summed E-state index contributed by atoms with van der Waals surface area (Å²) in [7, 11) is 0. The molecule has 1 aliphatic heterocycles. The fourth-order valence-corrected chi connectivity index (χ4v) is 1.84. The molecule has 2 rings (SSSR count). The number of rotatable bonds is 4. The van der Waals surface area contributed by atoms with Crippen LogP contribution >= 0.6 is 0 Å². The van der Waals surface area contributed by atoms with Gasteiger partial charge in [-0.05, 0) is 24.0 Å². The van der Waals surface area contributed by atoms with Crippen molar-refractivity contribution in [2.24, 2.45) is 0 Å². The van der Waals surface area contributed by atoms with Crippen LogP contribution in [-0.2, 0) is 0 Å². The van der Waals surface area contributed by atoms with Gasteiger partial charge in [0, 0.05) is 19.6 Å². The molecule has 0 radical (unpaired) electrons. The van der Waals surface area contributed by atoms with E-state index in [-0.39, 0.29) is 0 Å². The van der Waals surface area contributed by atoms with Crippen LogP contribution in [0.1, 0.15) is 30.9 Å². The molecule has 0 aromatic heterocycles. The van der Waals surface area contributed by atoms with Gasteiger partial charge in [0.25, 0.3) is 0 Å². The highest BCUT2D eigenvalue weighted by atomic mass is 15.3. The molecule has 0 bridgehead atoms. The average molecular weight is 201 g/mol. The largest absolute Gasteiger partial charge is 0.300 e. The van der Waals surface area contributed by atoms with Crippen LogP contribution in [0.3, 0.4) is 0 Å². The molecule has 1 heterocycles.